The van der Waals surface area contributed by atoms with Crippen molar-refractivity contribution in [1.82, 2.24) is 10.2 Å². The van der Waals surface area contributed by atoms with Gasteiger partial charge in [-0.2, -0.15) is 0 Å². The zero-order valence-electron chi connectivity index (χ0n) is 14.2. The molecule has 3 N–H and O–H groups in total. The van der Waals surface area contributed by atoms with Gasteiger partial charge >= 0.3 is 6.09 Å². The van der Waals surface area contributed by atoms with Gasteiger partial charge in [0.15, 0.2) is 0 Å². The summed E-state index contributed by atoms with van der Waals surface area (Å²) in [5.41, 5.74) is 5.42. The number of likely N-dealkylation sites (tertiary alicyclic amines) is 1. The molecule has 21 heavy (non-hydrogen) atoms. The maximum atomic E-state index is 11.7. The standard InChI is InChI=1S/C16H33N3O2/c1-5-6-13-7-9-19(10-8-13)14(11-17)12-18-15(20)21-16(2,3)4/h13-14H,5-12,17H2,1-4H3,(H,18,20). The lowest BCUT2D eigenvalue weighted by atomic mass is 9.92. The highest BCUT2D eigenvalue weighted by molar-refractivity contribution is 5.67. The smallest absolute Gasteiger partial charge is 0.407 e. The summed E-state index contributed by atoms with van der Waals surface area (Å²) in [6.07, 6.45) is 4.73. The van der Waals surface area contributed by atoms with E-state index in [1.807, 2.05) is 20.8 Å². The Hall–Kier alpha value is -0.810. The molecule has 0 spiro atoms. The Morgan fingerprint density at radius 2 is 2.00 bits per heavy atom. The fourth-order valence-corrected chi connectivity index (χ4v) is 2.89. The number of hydrogen-bond donors (Lipinski definition) is 2. The number of hydrogen-bond acceptors (Lipinski definition) is 4. The molecule has 1 atom stereocenters. The molecule has 0 radical (unpaired) electrons. The number of amides is 1. The molecule has 0 saturated carbocycles. The number of carbonyl (C=O) groups excluding carboxylic acids is 1. The molecule has 0 aliphatic carbocycles. The van der Waals surface area contributed by atoms with Crippen molar-refractivity contribution in [3.63, 3.8) is 0 Å². The minimum atomic E-state index is -0.458. The molecule has 1 aliphatic heterocycles. The summed E-state index contributed by atoms with van der Waals surface area (Å²) in [5, 5.41) is 2.84. The first-order valence-corrected chi connectivity index (χ1v) is 8.26. The maximum Gasteiger partial charge on any atom is 0.407 e. The predicted octanol–water partition coefficient (Wildman–Crippen LogP) is 2.35. The zero-order chi connectivity index (χ0) is 15.9. The van der Waals surface area contributed by atoms with Crippen molar-refractivity contribution >= 4 is 6.09 Å². The van der Waals surface area contributed by atoms with E-state index in [-0.39, 0.29) is 12.1 Å². The fourth-order valence-electron chi connectivity index (χ4n) is 2.89. The predicted molar refractivity (Wildman–Crippen MR) is 86.3 cm³/mol. The summed E-state index contributed by atoms with van der Waals surface area (Å²) in [6, 6.07) is 0.208. The van der Waals surface area contributed by atoms with Crippen molar-refractivity contribution in [1.29, 1.82) is 0 Å². The number of nitrogens with one attached hydrogen (secondary N) is 1. The van der Waals surface area contributed by atoms with E-state index in [2.05, 4.69) is 17.1 Å². The second-order valence-corrected chi connectivity index (χ2v) is 7.04. The minimum absolute atomic E-state index is 0.208. The SMILES string of the molecule is CCCC1CCN(C(CN)CNC(=O)OC(C)(C)C)CC1. The Bertz CT molecular complexity index is 307. The van der Waals surface area contributed by atoms with Crippen LogP contribution in [-0.4, -0.2) is 48.8 Å². The van der Waals surface area contributed by atoms with E-state index in [9.17, 15) is 4.79 Å². The Kier molecular flexibility index (Phi) is 7.46. The van der Waals surface area contributed by atoms with Crippen LogP contribution in [0.4, 0.5) is 4.79 Å². The average molecular weight is 299 g/mol. The lowest BCUT2D eigenvalue weighted by Crippen LogP contribution is -2.51. The molecule has 1 rings (SSSR count). The Morgan fingerprint density at radius 1 is 1.38 bits per heavy atom. The van der Waals surface area contributed by atoms with E-state index in [1.54, 1.807) is 0 Å². The lowest BCUT2D eigenvalue weighted by Gasteiger charge is -2.37. The van der Waals surface area contributed by atoms with Crippen molar-refractivity contribution < 1.29 is 9.53 Å². The van der Waals surface area contributed by atoms with Crippen LogP contribution in [0.15, 0.2) is 0 Å². The molecule has 1 fully saturated rings. The Balaban J connectivity index is 2.33. The number of carbonyl (C=O) groups is 1. The van der Waals surface area contributed by atoms with E-state index in [0.717, 1.165) is 19.0 Å². The fraction of sp³-hybridized carbons (Fsp3) is 0.938. The number of ether oxygens (including phenoxy) is 1. The molecular weight excluding hydrogens is 266 g/mol. The van der Waals surface area contributed by atoms with Crippen molar-refractivity contribution in [3.05, 3.63) is 0 Å². The van der Waals surface area contributed by atoms with Gasteiger partial charge in [-0.1, -0.05) is 19.8 Å². The van der Waals surface area contributed by atoms with Crippen LogP contribution in [0.1, 0.15) is 53.4 Å². The van der Waals surface area contributed by atoms with Gasteiger partial charge in [-0.05, 0) is 52.6 Å². The van der Waals surface area contributed by atoms with Gasteiger partial charge in [0.05, 0.1) is 0 Å². The van der Waals surface area contributed by atoms with Gasteiger partial charge in [0.2, 0.25) is 0 Å². The molecule has 1 heterocycles. The van der Waals surface area contributed by atoms with Gasteiger partial charge in [-0.3, -0.25) is 4.90 Å². The van der Waals surface area contributed by atoms with Crippen LogP contribution < -0.4 is 11.1 Å². The lowest BCUT2D eigenvalue weighted by molar-refractivity contribution is 0.0497. The summed E-state index contributed by atoms with van der Waals surface area (Å²) in [4.78, 5) is 14.1. The Labute approximate surface area is 129 Å². The van der Waals surface area contributed by atoms with Crippen LogP contribution >= 0.6 is 0 Å². The van der Waals surface area contributed by atoms with Gasteiger partial charge in [0, 0.05) is 19.1 Å². The van der Waals surface area contributed by atoms with Gasteiger partial charge < -0.3 is 15.8 Å². The molecule has 0 aromatic rings. The minimum Gasteiger partial charge on any atom is -0.444 e. The first-order valence-electron chi connectivity index (χ1n) is 8.26. The third-order valence-corrected chi connectivity index (χ3v) is 4.02. The van der Waals surface area contributed by atoms with E-state index < -0.39 is 5.60 Å². The maximum absolute atomic E-state index is 11.7. The molecule has 0 aromatic heterocycles. The molecule has 1 aliphatic rings. The molecule has 124 valence electrons. The van der Waals surface area contributed by atoms with E-state index >= 15 is 0 Å². The molecule has 0 bridgehead atoms. The highest BCUT2D eigenvalue weighted by Gasteiger charge is 2.25. The van der Waals surface area contributed by atoms with Gasteiger partial charge in [0.25, 0.3) is 0 Å². The Morgan fingerprint density at radius 3 is 2.48 bits per heavy atom. The second kappa shape index (κ2) is 8.59. The molecule has 1 amide bonds. The van der Waals surface area contributed by atoms with Crippen LogP contribution in [0.25, 0.3) is 0 Å². The molecule has 1 unspecified atom stereocenters. The third-order valence-electron chi connectivity index (χ3n) is 4.02. The summed E-state index contributed by atoms with van der Waals surface area (Å²) in [7, 11) is 0. The van der Waals surface area contributed by atoms with Gasteiger partial charge in [0.1, 0.15) is 5.60 Å². The molecule has 1 saturated heterocycles. The summed E-state index contributed by atoms with van der Waals surface area (Å²) in [5.74, 6) is 0.864. The van der Waals surface area contributed by atoms with E-state index in [0.29, 0.717) is 13.1 Å². The summed E-state index contributed by atoms with van der Waals surface area (Å²) >= 11 is 0. The number of alkyl carbamates (subject to hydrolysis) is 1. The number of piperidine rings is 1. The molecule has 5 nitrogen and oxygen atoms in total. The zero-order valence-corrected chi connectivity index (χ0v) is 14.2. The van der Waals surface area contributed by atoms with E-state index in [4.69, 9.17) is 10.5 Å². The normalized spacial score (nSPS) is 19.3. The third kappa shape index (κ3) is 7.14. The first-order chi connectivity index (χ1) is 9.85. The number of rotatable bonds is 6. The quantitative estimate of drug-likeness (QED) is 0.790. The number of nitrogens with zero attached hydrogens (tertiary/aromatic N) is 1. The van der Waals surface area contributed by atoms with E-state index in [1.165, 1.54) is 25.7 Å². The van der Waals surface area contributed by atoms with Crippen molar-refractivity contribution in [3.8, 4) is 0 Å². The highest BCUT2D eigenvalue weighted by Crippen LogP contribution is 2.22. The molecular formula is C16H33N3O2. The molecule has 5 heteroatoms. The van der Waals surface area contributed by atoms with Crippen LogP contribution in [0.2, 0.25) is 0 Å². The van der Waals surface area contributed by atoms with Crippen molar-refractivity contribution in [2.45, 2.75) is 65.0 Å². The molecule has 0 aromatic carbocycles. The first kappa shape index (κ1) is 18.2. The van der Waals surface area contributed by atoms with Gasteiger partial charge in [-0.15, -0.1) is 0 Å². The van der Waals surface area contributed by atoms with Crippen molar-refractivity contribution in [2.24, 2.45) is 11.7 Å². The van der Waals surface area contributed by atoms with Crippen LogP contribution in [-0.2, 0) is 4.74 Å². The topological polar surface area (TPSA) is 67.6 Å². The summed E-state index contributed by atoms with van der Waals surface area (Å²) < 4.78 is 5.26. The van der Waals surface area contributed by atoms with Crippen LogP contribution in [0.3, 0.4) is 0 Å². The second-order valence-electron chi connectivity index (χ2n) is 7.04. The van der Waals surface area contributed by atoms with Crippen LogP contribution in [0, 0.1) is 5.92 Å². The monoisotopic (exact) mass is 299 g/mol. The highest BCUT2D eigenvalue weighted by atomic mass is 16.6. The van der Waals surface area contributed by atoms with Crippen molar-refractivity contribution in [2.75, 3.05) is 26.2 Å². The number of nitrogens with two attached hydrogens (primary N) is 1. The van der Waals surface area contributed by atoms with Crippen LogP contribution in [0.5, 0.6) is 0 Å². The average Bonchev–Trinajstić information content (AvgIpc) is 2.39. The summed E-state index contributed by atoms with van der Waals surface area (Å²) in [6.45, 7) is 11.1. The largest absolute Gasteiger partial charge is 0.444 e. The van der Waals surface area contributed by atoms with Gasteiger partial charge in [-0.25, -0.2) is 4.79 Å².